The number of aromatic nitrogens is 3. The van der Waals surface area contributed by atoms with Gasteiger partial charge in [0.15, 0.2) is 17.0 Å². The number of fused-ring (bicyclic) bond motifs is 1. The molecule has 2 aromatic heterocycles. The van der Waals surface area contributed by atoms with E-state index in [0.717, 1.165) is 43.1 Å². The third-order valence-corrected chi connectivity index (χ3v) is 8.54. The molecule has 2 heterocycles. The van der Waals surface area contributed by atoms with Gasteiger partial charge in [-0.15, -0.1) is 0 Å². The van der Waals surface area contributed by atoms with Gasteiger partial charge in [0.2, 0.25) is 0 Å². The topological polar surface area (TPSA) is 68.5 Å². The zero-order chi connectivity index (χ0) is 25.2. The van der Waals surface area contributed by atoms with Crippen LogP contribution in [0, 0.1) is 23.2 Å². The van der Waals surface area contributed by atoms with Crippen LogP contribution in [0.2, 0.25) is 5.02 Å². The van der Waals surface area contributed by atoms with Crippen molar-refractivity contribution in [1.29, 1.82) is 0 Å². The van der Waals surface area contributed by atoms with Gasteiger partial charge in [-0.3, -0.25) is 4.79 Å². The molecule has 1 amide bonds. The van der Waals surface area contributed by atoms with E-state index in [1.165, 1.54) is 26.4 Å². The van der Waals surface area contributed by atoms with Gasteiger partial charge < -0.3 is 10.1 Å². The third kappa shape index (κ3) is 4.01. The first-order chi connectivity index (χ1) is 17.1. The van der Waals surface area contributed by atoms with Gasteiger partial charge in [-0.1, -0.05) is 23.7 Å². The molecule has 0 radical (unpaired) electrons. The molecule has 0 unspecified atom stereocenters. The Morgan fingerprint density at radius 3 is 2.44 bits per heavy atom. The lowest BCUT2D eigenvalue weighted by molar-refractivity contribution is -0.142. The predicted octanol–water partition coefficient (Wildman–Crippen LogP) is 6.02. The summed E-state index contributed by atoms with van der Waals surface area (Å²) in [7, 11) is 1.47. The first-order valence-corrected chi connectivity index (χ1v) is 12.6. The first-order valence-electron chi connectivity index (χ1n) is 12.2. The van der Waals surface area contributed by atoms with E-state index < -0.39 is 17.8 Å². The zero-order valence-electron chi connectivity index (χ0n) is 19.7. The van der Waals surface area contributed by atoms with Crippen molar-refractivity contribution < 1.29 is 22.7 Å². The van der Waals surface area contributed by atoms with Gasteiger partial charge in [-0.2, -0.15) is 18.3 Å². The molecule has 7 rings (SSSR count). The van der Waals surface area contributed by atoms with Crippen LogP contribution < -0.4 is 10.1 Å². The fourth-order valence-electron chi connectivity index (χ4n) is 7.13. The van der Waals surface area contributed by atoms with Gasteiger partial charge in [0.1, 0.15) is 10.8 Å². The van der Waals surface area contributed by atoms with Crippen molar-refractivity contribution in [2.45, 2.75) is 44.7 Å². The van der Waals surface area contributed by atoms with Crippen LogP contribution in [0.15, 0.2) is 30.3 Å². The van der Waals surface area contributed by atoms with E-state index in [1.807, 2.05) is 0 Å². The summed E-state index contributed by atoms with van der Waals surface area (Å²) >= 11 is 6.45. The standard InChI is InChI=1S/C26H26ClF3N4O2/c1-36-18-4-2-3-17(8-18)19-9-20(26(28,29)30)34-23(32-19)21(27)22(33-34)24(35)31-13-25-10-14-5-15(11-25)7-16(6-14)12-25/h2-4,8-9,14-16H,5-7,10-13H2,1H3,(H,31,35). The number of alkyl halides is 3. The quantitative estimate of drug-likeness (QED) is 0.448. The molecule has 0 spiro atoms. The first kappa shape index (κ1) is 23.6. The minimum atomic E-state index is -4.74. The van der Waals surface area contributed by atoms with Crippen molar-refractivity contribution in [3.05, 3.63) is 46.7 Å². The number of hydrogen-bond donors (Lipinski definition) is 1. The summed E-state index contributed by atoms with van der Waals surface area (Å²) in [4.78, 5) is 17.5. The molecule has 4 aliphatic carbocycles. The van der Waals surface area contributed by atoms with E-state index in [2.05, 4.69) is 15.4 Å². The molecular formula is C26H26ClF3N4O2. The number of methoxy groups -OCH3 is 1. The lowest BCUT2D eigenvalue weighted by atomic mass is 9.49. The van der Waals surface area contributed by atoms with E-state index >= 15 is 0 Å². The maximum absolute atomic E-state index is 14.0. The highest BCUT2D eigenvalue weighted by molar-refractivity contribution is 6.36. The normalized spacial score (nSPS) is 27.0. The predicted molar refractivity (Wildman–Crippen MR) is 128 cm³/mol. The van der Waals surface area contributed by atoms with Crippen molar-refractivity contribution in [1.82, 2.24) is 19.9 Å². The monoisotopic (exact) mass is 518 g/mol. The highest BCUT2D eigenvalue weighted by Crippen LogP contribution is 2.59. The molecule has 1 aromatic carbocycles. The average Bonchev–Trinajstić information content (AvgIpc) is 3.17. The highest BCUT2D eigenvalue weighted by Gasteiger charge is 2.51. The molecule has 10 heteroatoms. The Bertz CT molecular complexity index is 1320. The molecule has 4 aliphatic rings. The maximum Gasteiger partial charge on any atom is 0.433 e. The smallest absolute Gasteiger partial charge is 0.433 e. The van der Waals surface area contributed by atoms with Crippen LogP contribution in [0.4, 0.5) is 13.2 Å². The number of ether oxygens (including phenoxy) is 1. The number of nitrogens with one attached hydrogen (secondary N) is 1. The minimum absolute atomic E-state index is 0.0519. The molecule has 4 fully saturated rings. The summed E-state index contributed by atoms with van der Waals surface area (Å²) in [5.41, 5.74) is -0.979. The highest BCUT2D eigenvalue weighted by atomic mass is 35.5. The van der Waals surface area contributed by atoms with E-state index in [1.54, 1.807) is 24.3 Å². The van der Waals surface area contributed by atoms with Gasteiger partial charge >= 0.3 is 6.18 Å². The van der Waals surface area contributed by atoms with E-state index in [-0.39, 0.29) is 27.5 Å². The van der Waals surface area contributed by atoms with Crippen LogP contribution in [0.5, 0.6) is 5.75 Å². The number of carbonyl (C=O) groups excluding carboxylic acids is 1. The molecule has 4 saturated carbocycles. The molecule has 0 atom stereocenters. The molecule has 3 aromatic rings. The maximum atomic E-state index is 14.0. The number of carbonyl (C=O) groups is 1. The molecule has 6 nitrogen and oxygen atoms in total. The summed E-state index contributed by atoms with van der Waals surface area (Å²) in [6.45, 7) is 0.494. The fraction of sp³-hybridized carbons (Fsp3) is 0.500. The lowest BCUT2D eigenvalue weighted by Gasteiger charge is -2.56. The van der Waals surface area contributed by atoms with Crippen LogP contribution in [0.25, 0.3) is 16.9 Å². The van der Waals surface area contributed by atoms with Crippen LogP contribution in [-0.4, -0.2) is 34.2 Å². The second kappa shape index (κ2) is 8.36. The summed E-state index contributed by atoms with van der Waals surface area (Å²) in [6.07, 6.45) is 2.41. The molecule has 0 aliphatic heterocycles. The number of nitrogens with zero attached hydrogens (tertiary/aromatic N) is 3. The van der Waals surface area contributed by atoms with Gasteiger partial charge in [-0.25, -0.2) is 9.50 Å². The SMILES string of the molecule is COc1cccc(-c2cc(C(F)(F)F)n3nc(C(=O)NCC45CC6CC(CC(C6)C4)C5)c(Cl)c3n2)c1. The third-order valence-electron chi connectivity index (χ3n) is 8.19. The number of rotatable bonds is 5. The molecule has 4 bridgehead atoms. The Balaban J connectivity index is 1.33. The van der Waals surface area contributed by atoms with Gasteiger partial charge in [0, 0.05) is 12.1 Å². The van der Waals surface area contributed by atoms with Crippen molar-refractivity contribution in [3.63, 3.8) is 0 Å². The van der Waals surface area contributed by atoms with Crippen molar-refractivity contribution in [3.8, 4) is 17.0 Å². The minimum Gasteiger partial charge on any atom is -0.497 e. The van der Waals surface area contributed by atoms with Crippen LogP contribution >= 0.6 is 11.6 Å². The second-order valence-corrected chi connectivity index (χ2v) is 11.1. The van der Waals surface area contributed by atoms with Gasteiger partial charge in [0.05, 0.1) is 12.8 Å². The molecular weight excluding hydrogens is 493 g/mol. The summed E-state index contributed by atoms with van der Waals surface area (Å²) in [6, 6.07) is 7.47. The van der Waals surface area contributed by atoms with E-state index in [0.29, 0.717) is 22.4 Å². The van der Waals surface area contributed by atoms with Crippen LogP contribution in [0.3, 0.4) is 0 Å². The largest absolute Gasteiger partial charge is 0.497 e. The number of hydrogen-bond acceptors (Lipinski definition) is 4. The Morgan fingerprint density at radius 2 is 1.83 bits per heavy atom. The lowest BCUT2D eigenvalue weighted by Crippen LogP contribution is -2.51. The van der Waals surface area contributed by atoms with Crippen molar-refractivity contribution in [2.75, 3.05) is 13.7 Å². The zero-order valence-corrected chi connectivity index (χ0v) is 20.5. The van der Waals surface area contributed by atoms with E-state index in [9.17, 15) is 18.0 Å². The number of amides is 1. The van der Waals surface area contributed by atoms with E-state index in [4.69, 9.17) is 16.3 Å². The Hall–Kier alpha value is -2.81. The van der Waals surface area contributed by atoms with Crippen molar-refractivity contribution in [2.24, 2.45) is 23.2 Å². The summed E-state index contributed by atoms with van der Waals surface area (Å²) in [5, 5.41) is 6.73. The molecule has 190 valence electrons. The fourth-order valence-corrected chi connectivity index (χ4v) is 7.37. The number of benzene rings is 1. The Kier molecular flexibility index (Phi) is 5.48. The van der Waals surface area contributed by atoms with Crippen LogP contribution in [0.1, 0.15) is 54.7 Å². The summed E-state index contributed by atoms with van der Waals surface area (Å²) in [5.74, 6) is 2.07. The molecule has 1 N–H and O–H groups in total. The average molecular weight is 519 g/mol. The Labute approximate surface area is 211 Å². The summed E-state index contributed by atoms with van der Waals surface area (Å²) < 4.78 is 47.9. The second-order valence-electron chi connectivity index (χ2n) is 10.8. The van der Waals surface area contributed by atoms with Crippen LogP contribution in [-0.2, 0) is 6.18 Å². The van der Waals surface area contributed by atoms with Gasteiger partial charge in [0.25, 0.3) is 5.91 Å². The Morgan fingerprint density at radius 1 is 1.17 bits per heavy atom. The molecule has 36 heavy (non-hydrogen) atoms. The van der Waals surface area contributed by atoms with Crippen molar-refractivity contribution >= 4 is 23.2 Å². The molecule has 0 saturated heterocycles. The van der Waals surface area contributed by atoms with Gasteiger partial charge in [-0.05, 0) is 79.9 Å². The number of halogens is 4.